The zero-order valence-electron chi connectivity index (χ0n) is 18.3. The molecule has 2 aromatic rings. The summed E-state index contributed by atoms with van der Waals surface area (Å²) in [5.41, 5.74) is 2.99. The fourth-order valence-electron chi connectivity index (χ4n) is 3.29. The van der Waals surface area contributed by atoms with E-state index in [2.05, 4.69) is 20.3 Å². The highest BCUT2D eigenvalue weighted by molar-refractivity contribution is 14.0. The van der Waals surface area contributed by atoms with Gasteiger partial charge in [0, 0.05) is 45.3 Å². The normalized spacial score (nSPS) is 14.2. The monoisotopic (exact) mass is 571 g/mol. The topological polar surface area (TPSA) is 103 Å². The minimum Gasteiger partial charge on any atom is -0.355 e. The molecule has 2 aromatic carbocycles. The molecule has 0 saturated carbocycles. The number of carbonyl (C=O) groups excluding carboxylic acids is 1. The highest BCUT2D eigenvalue weighted by Crippen LogP contribution is 2.21. The summed E-state index contributed by atoms with van der Waals surface area (Å²) >= 11 is 0. The number of aryl methyl sites for hydroxylation is 1. The van der Waals surface area contributed by atoms with Crippen LogP contribution in [-0.2, 0) is 21.4 Å². The molecule has 3 N–H and O–H groups in total. The number of sulfonamides is 1. The van der Waals surface area contributed by atoms with Gasteiger partial charge in [0.1, 0.15) is 0 Å². The van der Waals surface area contributed by atoms with Crippen LogP contribution in [0.2, 0.25) is 0 Å². The summed E-state index contributed by atoms with van der Waals surface area (Å²) in [5.74, 6) is 0.752. The molecular weight excluding hydrogens is 541 g/mol. The number of guanidine groups is 1. The van der Waals surface area contributed by atoms with Crippen molar-refractivity contribution in [1.82, 2.24) is 15.4 Å². The quantitative estimate of drug-likeness (QED) is 0.196. The molecule has 1 saturated heterocycles. The van der Waals surface area contributed by atoms with Gasteiger partial charge in [0.2, 0.25) is 15.9 Å². The fraction of sp³-hybridized carbons (Fsp3) is 0.364. The Bertz CT molecular complexity index is 1020. The summed E-state index contributed by atoms with van der Waals surface area (Å²) in [4.78, 5) is 18.1. The van der Waals surface area contributed by atoms with E-state index in [0.717, 1.165) is 29.8 Å². The molecule has 0 atom stereocenters. The number of hydrogen-bond acceptors (Lipinski definition) is 4. The molecule has 0 aliphatic carbocycles. The van der Waals surface area contributed by atoms with Gasteiger partial charge in [-0.25, -0.2) is 13.1 Å². The second kappa shape index (κ2) is 12.2. The van der Waals surface area contributed by atoms with Crippen molar-refractivity contribution in [2.45, 2.75) is 31.2 Å². The highest BCUT2D eigenvalue weighted by atomic mass is 127. The number of halogens is 1. The molecule has 1 fully saturated rings. The van der Waals surface area contributed by atoms with E-state index in [9.17, 15) is 13.2 Å². The molecule has 0 spiro atoms. The zero-order valence-corrected chi connectivity index (χ0v) is 21.4. The molecule has 32 heavy (non-hydrogen) atoms. The Balaban J connectivity index is 0.00000363. The Hall–Kier alpha value is -2.18. The van der Waals surface area contributed by atoms with Gasteiger partial charge in [-0.2, -0.15) is 0 Å². The summed E-state index contributed by atoms with van der Waals surface area (Å²) < 4.78 is 27.2. The van der Waals surface area contributed by atoms with Crippen LogP contribution in [0, 0.1) is 6.92 Å². The second-order valence-electron chi connectivity index (χ2n) is 7.38. The standard InChI is InChI=1S/C22H29N5O3S.HI/c1-17-5-11-20(12-6-17)31(29,30)26-14-13-24-22(23-2)25-16-18-7-9-19(10-8-18)27-15-3-4-21(27)28;/h5-12,26H,3-4,13-16H2,1-2H3,(H2,23,24,25);1H. The molecule has 0 bridgehead atoms. The Kier molecular flexibility index (Phi) is 9.91. The maximum absolute atomic E-state index is 12.3. The van der Waals surface area contributed by atoms with E-state index in [4.69, 9.17) is 0 Å². The van der Waals surface area contributed by atoms with Crippen LogP contribution in [-0.4, -0.2) is 47.0 Å². The van der Waals surface area contributed by atoms with Crippen molar-refractivity contribution in [1.29, 1.82) is 0 Å². The zero-order chi connectivity index (χ0) is 22.3. The molecule has 1 aliphatic rings. The first-order valence-corrected chi connectivity index (χ1v) is 11.8. The minimum atomic E-state index is -3.53. The van der Waals surface area contributed by atoms with Crippen molar-refractivity contribution in [2.24, 2.45) is 4.99 Å². The van der Waals surface area contributed by atoms with Gasteiger partial charge in [-0.1, -0.05) is 29.8 Å². The summed E-state index contributed by atoms with van der Waals surface area (Å²) in [6, 6.07) is 14.6. The van der Waals surface area contributed by atoms with Crippen LogP contribution in [0.4, 0.5) is 5.69 Å². The first-order valence-electron chi connectivity index (χ1n) is 10.3. The summed E-state index contributed by atoms with van der Waals surface area (Å²) in [7, 11) is -1.87. The number of aliphatic imine (C=N–C) groups is 1. The van der Waals surface area contributed by atoms with E-state index >= 15 is 0 Å². The predicted octanol–water partition coefficient (Wildman–Crippen LogP) is 2.38. The van der Waals surface area contributed by atoms with E-state index in [-0.39, 0.29) is 41.3 Å². The lowest BCUT2D eigenvalue weighted by atomic mass is 10.2. The molecular formula is C22H30IN5O3S. The van der Waals surface area contributed by atoms with Crippen molar-refractivity contribution >= 4 is 51.6 Å². The van der Waals surface area contributed by atoms with Gasteiger partial charge in [-0.15, -0.1) is 24.0 Å². The molecule has 1 heterocycles. The molecule has 8 nitrogen and oxygen atoms in total. The van der Waals surface area contributed by atoms with Gasteiger partial charge in [-0.05, 0) is 43.2 Å². The van der Waals surface area contributed by atoms with Gasteiger partial charge in [0.15, 0.2) is 5.96 Å². The number of hydrogen-bond donors (Lipinski definition) is 3. The van der Waals surface area contributed by atoms with E-state index in [1.165, 1.54) is 0 Å². The first kappa shape index (κ1) is 26.1. The number of carbonyl (C=O) groups is 1. The molecule has 174 valence electrons. The largest absolute Gasteiger partial charge is 0.355 e. The van der Waals surface area contributed by atoms with Crippen molar-refractivity contribution in [3.8, 4) is 0 Å². The van der Waals surface area contributed by atoms with Crippen LogP contribution >= 0.6 is 24.0 Å². The number of rotatable bonds is 8. The summed E-state index contributed by atoms with van der Waals surface area (Å²) in [5, 5.41) is 6.29. The van der Waals surface area contributed by atoms with Crippen molar-refractivity contribution in [2.75, 3.05) is 31.6 Å². The molecule has 0 unspecified atom stereocenters. The lowest BCUT2D eigenvalue weighted by Gasteiger charge is -2.16. The van der Waals surface area contributed by atoms with Crippen LogP contribution in [0.5, 0.6) is 0 Å². The molecule has 0 aromatic heterocycles. The van der Waals surface area contributed by atoms with Crippen LogP contribution in [0.25, 0.3) is 0 Å². The maximum atomic E-state index is 12.3. The lowest BCUT2D eigenvalue weighted by Crippen LogP contribution is -2.41. The Morgan fingerprint density at radius 1 is 1.03 bits per heavy atom. The molecule has 0 radical (unpaired) electrons. The fourth-order valence-corrected chi connectivity index (χ4v) is 4.32. The molecule has 1 aliphatic heterocycles. The number of amides is 1. The Morgan fingerprint density at radius 2 is 1.72 bits per heavy atom. The number of anilines is 1. The second-order valence-corrected chi connectivity index (χ2v) is 9.15. The number of nitrogens with one attached hydrogen (secondary N) is 3. The van der Waals surface area contributed by atoms with E-state index in [1.807, 2.05) is 36.1 Å². The van der Waals surface area contributed by atoms with Gasteiger partial charge >= 0.3 is 0 Å². The Labute approximate surface area is 207 Å². The van der Waals surface area contributed by atoms with Crippen LogP contribution in [0.1, 0.15) is 24.0 Å². The van der Waals surface area contributed by atoms with Crippen molar-refractivity contribution in [3.63, 3.8) is 0 Å². The average molecular weight is 571 g/mol. The highest BCUT2D eigenvalue weighted by Gasteiger charge is 2.21. The summed E-state index contributed by atoms with van der Waals surface area (Å²) in [6.07, 6.45) is 1.53. The van der Waals surface area contributed by atoms with E-state index in [1.54, 1.807) is 31.3 Å². The maximum Gasteiger partial charge on any atom is 0.240 e. The SMILES string of the molecule is CN=C(NCCNS(=O)(=O)c1ccc(C)cc1)NCc1ccc(N2CCCC2=O)cc1.I. The van der Waals surface area contributed by atoms with Crippen LogP contribution < -0.4 is 20.3 Å². The van der Waals surface area contributed by atoms with E-state index in [0.29, 0.717) is 25.5 Å². The number of benzene rings is 2. The predicted molar refractivity (Wildman–Crippen MR) is 138 cm³/mol. The van der Waals surface area contributed by atoms with Crippen molar-refractivity contribution < 1.29 is 13.2 Å². The number of nitrogens with zero attached hydrogens (tertiary/aromatic N) is 2. The van der Waals surface area contributed by atoms with Crippen molar-refractivity contribution in [3.05, 3.63) is 59.7 Å². The minimum absolute atomic E-state index is 0. The van der Waals surface area contributed by atoms with Gasteiger partial charge < -0.3 is 15.5 Å². The molecule has 3 rings (SSSR count). The summed E-state index contributed by atoms with van der Waals surface area (Å²) in [6.45, 7) is 3.87. The third-order valence-electron chi connectivity index (χ3n) is 5.05. The third-order valence-corrected chi connectivity index (χ3v) is 6.52. The third kappa shape index (κ3) is 7.17. The van der Waals surface area contributed by atoms with E-state index < -0.39 is 10.0 Å². The van der Waals surface area contributed by atoms with Crippen LogP contribution in [0.15, 0.2) is 58.4 Å². The lowest BCUT2D eigenvalue weighted by molar-refractivity contribution is -0.117. The average Bonchev–Trinajstić information content (AvgIpc) is 3.20. The van der Waals surface area contributed by atoms with Crippen LogP contribution in [0.3, 0.4) is 0 Å². The Morgan fingerprint density at radius 3 is 2.31 bits per heavy atom. The smallest absolute Gasteiger partial charge is 0.240 e. The van der Waals surface area contributed by atoms with Gasteiger partial charge in [0.05, 0.1) is 4.90 Å². The molecule has 1 amide bonds. The molecule has 10 heteroatoms. The van der Waals surface area contributed by atoms with Gasteiger partial charge in [-0.3, -0.25) is 9.79 Å². The first-order chi connectivity index (χ1) is 14.9. The van der Waals surface area contributed by atoms with Gasteiger partial charge in [0.25, 0.3) is 0 Å².